The van der Waals surface area contributed by atoms with E-state index in [0.717, 1.165) is 47.1 Å². The van der Waals surface area contributed by atoms with Gasteiger partial charge in [0.2, 0.25) is 5.95 Å². The molecule has 0 radical (unpaired) electrons. The van der Waals surface area contributed by atoms with E-state index < -0.39 is 0 Å². The SMILES string of the molecule is Cc1ccccc1Nc1ncc(C2CC2)c(NCCCNC(=O)C2=CCCS2)n1. The molecular formula is C22H27N5OS. The normalized spacial score (nSPS) is 15.7. The topological polar surface area (TPSA) is 78.9 Å². The van der Waals surface area contributed by atoms with Crippen molar-refractivity contribution in [2.24, 2.45) is 0 Å². The summed E-state index contributed by atoms with van der Waals surface area (Å²) in [7, 11) is 0. The summed E-state index contributed by atoms with van der Waals surface area (Å²) in [4.78, 5) is 22.1. The smallest absolute Gasteiger partial charge is 0.257 e. The van der Waals surface area contributed by atoms with Gasteiger partial charge in [-0.1, -0.05) is 24.3 Å². The minimum atomic E-state index is 0.0536. The summed E-state index contributed by atoms with van der Waals surface area (Å²) in [5.74, 6) is 3.14. The van der Waals surface area contributed by atoms with Gasteiger partial charge in [-0.15, -0.1) is 11.8 Å². The monoisotopic (exact) mass is 409 g/mol. The first-order valence-electron chi connectivity index (χ1n) is 10.3. The second-order valence-electron chi connectivity index (χ2n) is 7.45. The van der Waals surface area contributed by atoms with Crippen molar-refractivity contribution in [3.63, 3.8) is 0 Å². The minimum absolute atomic E-state index is 0.0536. The molecule has 1 aliphatic carbocycles. The van der Waals surface area contributed by atoms with Crippen molar-refractivity contribution in [2.75, 3.05) is 29.5 Å². The lowest BCUT2D eigenvalue weighted by Crippen LogP contribution is -2.26. The molecule has 4 rings (SSSR count). The lowest BCUT2D eigenvalue weighted by atomic mass is 10.2. The Morgan fingerprint density at radius 2 is 2.10 bits per heavy atom. The van der Waals surface area contributed by atoms with Gasteiger partial charge in [0.1, 0.15) is 5.82 Å². The van der Waals surface area contributed by atoms with Crippen molar-refractivity contribution >= 4 is 35.1 Å². The number of benzene rings is 1. The minimum Gasteiger partial charge on any atom is -0.370 e. The number of carbonyl (C=O) groups excluding carboxylic acids is 1. The first kappa shape index (κ1) is 19.8. The predicted octanol–water partition coefficient (Wildman–Crippen LogP) is 4.35. The Morgan fingerprint density at radius 1 is 1.24 bits per heavy atom. The van der Waals surface area contributed by atoms with Gasteiger partial charge in [0.15, 0.2) is 0 Å². The standard InChI is InChI=1S/C22H27N5OS/c1-15-6-2-3-7-18(15)26-22-25-14-17(16-9-10-16)20(27-22)23-11-5-12-24-21(28)19-8-4-13-29-19/h2-3,6-8,14,16H,4-5,9-13H2,1H3,(H,24,28)(H2,23,25,26,27). The van der Waals surface area contributed by atoms with Gasteiger partial charge < -0.3 is 16.0 Å². The lowest BCUT2D eigenvalue weighted by molar-refractivity contribution is -0.116. The second-order valence-corrected chi connectivity index (χ2v) is 8.59. The van der Waals surface area contributed by atoms with E-state index in [2.05, 4.69) is 33.9 Å². The maximum Gasteiger partial charge on any atom is 0.257 e. The van der Waals surface area contributed by atoms with Crippen molar-refractivity contribution in [2.45, 2.75) is 38.5 Å². The molecule has 0 spiro atoms. The fourth-order valence-corrected chi connectivity index (χ4v) is 4.17. The number of nitrogens with one attached hydrogen (secondary N) is 3. The number of hydrogen-bond acceptors (Lipinski definition) is 6. The molecule has 3 N–H and O–H groups in total. The van der Waals surface area contributed by atoms with Crippen LogP contribution in [0, 0.1) is 6.92 Å². The number of anilines is 3. The van der Waals surface area contributed by atoms with Gasteiger partial charge in [0.05, 0.1) is 4.91 Å². The number of thioether (sulfide) groups is 1. The molecule has 2 aromatic rings. The Bertz CT molecular complexity index is 910. The lowest BCUT2D eigenvalue weighted by Gasteiger charge is -2.14. The van der Waals surface area contributed by atoms with Crippen molar-refractivity contribution in [3.05, 3.63) is 52.6 Å². The molecule has 0 saturated heterocycles. The Labute approximate surface area is 176 Å². The van der Waals surface area contributed by atoms with Crippen LogP contribution in [0.3, 0.4) is 0 Å². The van der Waals surface area contributed by atoms with Crippen LogP contribution in [0.1, 0.15) is 42.7 Å². The highest BCUT2D eigenvalue weighted by atomic mass is 32.2. The number of rotatable bonds is 9. The summed E-state index contributed by atoms with van der Waals surface area (Å²) in [6, 6.07) is 8.11. The number of para-hydroxylation sites is 1. The van der Waals surface area contributed by atoms with Gasteiger partial charge in [0.25, 0.3) is 5.91 Å². The Kier molecular flexibility index (Phi) is 6.34. The van der Waals surface area contributed by atoms with E-state index in [-0.39, 0.29) is 5.91 Å². The van der Waals surface area contributed by atoms with E-state index in [0.29, 0.717) is 18.4 Å². The van der Waals surface area contributed by atoms with E-state index >= 15 is 0 Å². The molecule has 0 bridgehead atoms. The molecular weight excluding hydrogens is 382 g/mol. The quantitative estimate of drug-likeness (QED) is 0.535. The average molecular weight is 410 g/mol. The zero-order valence-electron chi connectivity index (χ0n) is 16.7. The molecule has 1 saturated carbocycles. The molecule has 1 fully saturated rings. The zero-order valence-corrected chi connectivity index (χ0v) is 17.5. The second kappa shape index (κ2) is 9.31. The third-order valence-corrected chi connectivity index (χ3v) is 6.19. The molecule has 29 heavy (non-hydrogen) atoms. The fraction of sp³-hybridized carbons (Fsp3) is 0.409. The molecule has 1 aliphatic heterocycles. The molecule has 0 unspecified atom stereocenters. The van der Waals surface area contributed by atoms with Crippen LogP contribution < -0.4 is 16.0 Å². The predicted molar refractivity (Wildman–Crippen MR) is 120 cm³/mol. The van der Waals surface area contributed by atoms with Crippen LogP contribution in [0.15, 0.2) is 41.4 Å². The zero-order chi connectivity index (χ0) is 20.1. The van der Waals surface area contributed by atoms with Gasteiger partial charge in [-0.25, -0.2) is 4.98 Å². The Balaban J connectivity index is 1.33. The molecule has 1 aromatic heterocycles. The summed E-state index contributed by atoms with van der Waals surface area (Å²) in [6.07, 6.45) is 8.20. The third-order valence-electron chi connectivity index (χ3n) is 5.09. The van der Waals surface area contributed by atoms with Crippen molar-refractivity contribution in [3.8, 4) is 0 Å². The molecule has 152 valence electrons. The highest BCUT2D eigenvalue weighted by Crippen LogP contribution is 2.42. The van der Waals surface area contributed by atoms with E-state index in [1.54, 1.807) is 11.8 Å². The first-order chi connectivity index (χ1) is 14.2. The maximum absolute atomic E-state index is 12.0. The molecule has 1 amide bonds. The van der Waals surface area contributed by atoms with Crippen LogP contribution in [0.2, 0.25) is 0 Å². The summed E-state index contributed by atoms with van der Waals surface area (Å²) >= 11 is 1.64. The summed E-state index contributed by atoms with van der Waals surface area (Å²) in [5, 5.41) is 9.77. The van der Waals surface area contributed by atoms with Crippen LogP contribution in [-0.4, -0.2) is 34.7 Å². The number of hydrogen-bond donors (Lipinski definition) is 3. The molecule has 2 heterocycles. The Morgan fingerprint density at radius 3 is 2.86 bits per heavy atom. The van der Waals surface area contributed by atoms with Gasteiger partial charge in [-0.2, -0.15) is 4.98 Å². The average Bonchev–Trinajstić information content (AvgIpc) is 3.42. The number of nitrogens with zero attached hydrogens (tertiary/aromatic N) is 2. The number of allylic oxidation sites excluding steroid dienone is 1. The third kappa shape index (κ3) is 5.29. The number of aromatic nitrogens is 2. The van der Waals surface area contributed by atoms with Crippen LogP contribution >= 0.6 is 11.8 Å². The molecule has 7 heteroatoms. The van der Waals surface area contributed by atoms with E-state index in [9.17, 15) is 4.79 Å². The highest BCUT2D eigenvalue weighted by molar-refractivity contribution is 8.04. The number of carbonyl (C=O) groups is 1. The van der Waals surface area contributed by atoms with Crippen molar-refractivity contribution < 1.29 is 4.79 Å². The van der Waals surface area contributed by atoms with Crippen molar-refractivity contribution in [1.29, 1.82) is 0 Å². The largest absolute Gasteiger partial charge is 0.370 e. The molecule has 2 aliphatic rings. The fourth-order valence-electron chi connectivity index (χ4n) is 3.28. The first-order valence-corrected chi connectivity index (χ1v) is 11.2. The summed E-state index contributed by atoms with van der Waals surface area (Å²) < 4.78 is 0. The van der Waals surface area contributed by atoms with Crippen LogP contribution in [0.4, 0.5) is 17.5 Å². The summed E-state index contributed by atoms with van der Waals surface area (Å²) in [5.41, 5.74) is 3.36. The van der Waals surface area contributed by atoms with E-state index in [1.165, 1.54) is 18.4 Å². The van der Waals surface area contributed by atoms with Crippen LogP contribution in [-0.2, 0) is 4.79 Å². The highest BCUT2D eigenvalue weighted by Gasteiger charge is 2.27. The molecule has 1 aromatic carbocycles. The van der Waals surface area contributed by atoms with Crippen LogP contribution in [0.25, 0.3) is 0 Å². The van der Waals surface area contributed by atoms with E-state index in [1.807, 2.05) is 30.5 Å². The van der Waals surface area contributed by atoms with Gasteiger partial charge >= 0.3 is 0 Å². The summed E-state index contributed by atoms with van der Waals surface area (Å²) in [6.45, 7) is 3.48. The van der Waals surface area contributed by atoms with Gasteiger partial charge in [-0.05, 0) is 50.2 Å². The van der Waals surface area contributed by atoms with E-state index in [4.69, 9.17) is 4.98 Å². The number of aryl methyl sites for hydroxylation is 1. The number of amides is 1. The van der Waals surface area contributed by atoms with Crippen molar-refractivity contribution in [1.82, 2.24) is 15.3 Å². The van der Waals surface area contributed by atoms with Gasteiger partial charge in [0, 0.05) is 36.3 Å². The molecule has 0 atom stereocenters. The van der Waals surface area contributed by atoms with Gasteiger partial charge in [-0.3, -0.25) is 4.79 Å². The van der Waals surface area contributed by atoms with Crippen LogP contribution in [0.5, 0.6) is 0 Å². The maximum atomic E-state index is 12.0. The molecule has 6 nitrogen and oxygen atoms in total. The Hall–Kier alpha value is -2.54.